The van der Waals surface area contributed by atoms with Gasteiger partial charge in [0.05, 0.1) is 30.6 Å². The zero-order valence-electron chi connectivity index (χ0n) is 10.3. The lowest BCUT2D eigenvalue weighted by molar-refractivity contribution is 0.129. The fourth-order valence-electron chi connectivity index (χ4n) is 3.11. The fourth-order valence-corrected chi connectivity index (χ4v) is 3.11. The van der Waals surface area contributed by atoms with E-state index in [1.165, 1.54) is 49.8 Å². The molecule has 2 heterocycles. The van der Waals surface area contributed by atoms with Crippen molar-refractivity contribution in [2.75, 3.05) is 0 Å². The predicted octanol–water partition coefficient (Wildman–Crippen LogP) is 2.27. The van der Waals surface area contributed by atoms with Gasteiger partial charge in [-0.05, 0) is 12.8 Å². The van der Waals surface area contributed by atoms with Gasteiger partial charge in [-0.15, -0.1) is 0 Å². The van der Waals surface area contributed by atoms with Crippen LogP contribution in [0.2, 0.25) is 0 Å². The van der Waals surface area contributed by atoms with Crippen molar-refractivity contribution < 1.29 is 4.74 Å². The summed E-state index contributed by atoms with van der Waals surface area (Å²) in [6.45, 7) is 1.96. The van der Waals surface area contributed by atoms with Crippen molar-refractivity contribution >= 4 is 0 Å². The summed E-state index contributed by atoms with van der Waals surface area (Å²) in [7, 11) is 0. The Morgan fingerprint density at radius 3 is 2.65 bits per heavy atom. The molecule has 0 aromatic carbocycles. The third-order valence-corrected chi connectivity index (χ3v) is 4.05. The van der Waals surface area contributed by atoms with Crippen LogP contribution in [0.25, 0.3) is 0 Å². The first-order valence-electron chi connectivity index (χ1n) is 6.77. The van der Waals surface area contributed by atoms with E-state index in [0.717, 1.165) is 5.69 Å². The minimum absolute atomic E-state index is 0.571. The molecule has 1 aromatic heterocycles. The molecule has 0 saturated heterocycles. The van der Waals surface area contributed by atoms with Crippen molar-refractivity contribution in [2.45, 2.75) is 64.3 Å². The molecule has 2 aliphatic rings. The Balaban J connectivity index is 1.91. The monoisotopic (exact) mass is 235 g/mol. The number of rotatable bonds is 2. The summed E-state index contributed by atoms with van der Waals surface area (Å²) in [5, 5.41) is 4.74. The van der Waals surface area contributed by atoms with Gasteiger partial charge in [0.25, 0.3) is 0 Å². The summed E-state index contributed by atoms with van der Waals surface area (Å²) in [5.41, 5.74) is 9.49. The third-order valence-electron chi connectivity index (χ3n) is 4.05. The van der Waals surface area contributed by atoms with E-state index in [1.807, 2.05) is 0 Å². The predicted molar refractivity (Wildman–Crippen MR) is 65.4 cm³/mol. The highest BCUT2D eigenvalue weighted by Crippen LogP contribution is 2.31. The molecule has 1 fully saturated rings. The molecule has 1 aliphatic heterocycles. The lowest BCUT2D eigenvalue weighted by Gasteiger charge is -2.18. The van der Waals surface area contributed by atoms with E-state index < -0.39 is 0 Å². The molecule has 17 heavy (non-hydrogen) atoms. The first-order valence-corrected chi connectivity index (χ1v) is 6.77. The van der Waals surface area contributed by atoms with Gasteiger partial charge in [-0.1, -0.05) is 25.7 Å². The van der Waals surface area contributed by atoms with Crippen LogP contribution in [0.3, 0.4) is 0 Å². The third kappa shape index (κ3) is 2.00. The van der Waals surface area contributed by atoms with Crippen LogP contribution >= 0.6 is 0 Å². The van der Waals surface area contributed by atoms with Gasteiger partial charge < -0.3 is 10.5 Å². The Labute approximate surface area is 102 Å². The van der Waals surface area contributed by atoms with Gasteiger partial charge in [0.2, 0.25) is 0 Å². The molecule has 1 aliphatic carbocycles. The number of hydrogen-bond donors (Lipinski definition) is 1. The second kappa shape index (κ2) is 4.78. The molecule has 1 saturated carbocycles. The topological polar surface area (TPSA) is 53.1 Å². The van der Waals surface area contributed by atoms with Crippen LogP contribution in [0, 0.1) is 0 Å². The molecular formula is C13H21N3O. The normalized spacial score (nSPS) is 21.5. The number of aromatic nitrogens is 2. The maximum atomic E-state index is 5.90. The molecule has 4 heteroatoms. The van der Waals surface area contributed by atoms with E-state index in [2.05, 4.69) is 4.68 Å². The van der Waals surface area contributed by atoms with Crippen molar-refractivity contribution in [2.24, 2.45) is 5.73 Å². The molecule has 0 spiro atoms. The maximum absolute atomic E-state index is 5.90. The summed E-state index contributed by atoms with van der Waals surface area (Å²) in [4.78, 5) is 0. The highest BCUT2D eigenvalue weighted by molar-refractivity contribution is 5.28. The van der Waals surface area contributed by atoms with Crippen molar-refractivity contribution in [1.82, 2.24) is 9.78 Å². The average molecular weight is 235 g/mol. The minimum atomic E-state index is 0.571. The van der Waals surface area contributed by atoms with E-state index in [-0.39, 0.29) is 0 Å². The van der Waals surface area contributed by atoms with Gasteiger partial charge in [0, 0.05) is 12.1 Å². The zero-order valence-corrected chi connectivity index (χ0v) is 10.3. The summed E-state index contributed by atoms with van der Waals surface area (Å²) in [5.74, 6) is 0. The fraction of sp³-hybridized carbons (Fsp3) is 0.769. The van der Waals surface area contributed by atoms with E-state index in [0.29, 0.717) is 25.8 Å². The lowest BCUT2D eigenvalue weighted by Crippen LogP contribution is -2.16. The molecule has 0 atom stereocenters. The van der Waals surface area contributed by atoms with Gasteiger partial charge in [-0.2, -0.15) is 5.10 Å². The van der Waals surface area contributed by atoms with Gasteiger partial charge in [0.1, 0.15) is 0 Å². The highest BCUT2D eigenvalue weighted by atomic mass is 16.5. The number of hydrogen-bond acceptors (Lipinski definition) is 3. The van der Waals surface area contributed by atoms with E-state index in [9.17, 15) is 0 Å². The van der Waals surface area contributed by atoms with Gasteiger partial charge in [-0.3, -0.25) is 4.68 Å². The smallest absolute Gasteiger partial charge is 0.0940 e. The van der Waals surface area contributed by atoms with Gasteiger partial charge in [-0.25, -0.2) is 0 Å². The number of fused-ring (bicyclic) bond motifs is 1. The first kappa shape index (κ1) is 11.2. The largest absolute Gasteiger partial charge is 0.370 e. The Hall–Kier alpha value is -0.870. The molecule has 4 nitrogen and oxygen atoms in total. The van der Waals surface area contributed by atoms with Crippen LogP contribution in [0.5, 0.6) is 0 Å². The SMILES string of the molecule is NCc1c2c(nn1C1CCCCCC1)COC2. The standard InChI is InChI=1S/C13H21N3O/c14-7-13-11-8-17-9-12(11)15-16(13)10-5-3-1-2-4-6-10/h10H,1-9,14H2. The molecule has 3 rings (SSSR count). The van der Waals surface area contributed by atoms with Gasteiger partial charge in [0.15, 0.2) is 0 Å². The Morgan fingerprint density at radius 1 is 1.18 bits per heavy atom. The highest BCUT2D eigenvalue weighted by Gasteiger charge is 2.25. The van der Waals surface area contributed by atoms with Crippen LogP contribution in [-0.2, 0) is 24.5 Å². The number of nitrogens with zero attached hydrogens (tertiary/aromatic N) is 2. The second-order valence-electron chi connectivity index (χ2n) is 5.16. The molecule has 94 valence electrons. The molecule has 0 bridgehead atoms. The summed E-state index contributed by atoms with van der Waals surface area (Å²) in [6, 6.07) is 0.571. The van der Waals surface area contributed by atoms with Crippen molar-refractivity contribution in [1.29, 1.82) is 0 Å². The Morgan fingerprint density at radius 2 is 1.94 bits per heavy atom. The van der Waals surface area contributed by atoms with Crippen molar-refractivity contribution in [3.8, 4) is 0 Å². The molecule has 1 aromatic rings. The summed E-state index contributed by atoms with van der Waals surface area (Å²) < 4.78 is 7.65. The average Bonchev–Trinajstić information content (AvgIpc) is 2.80. The Bertz CT molecular complexity index is 392. The van der Waals surface area contributed by atoms with Crippen molar-refractivity contribution in [3.05, 3.63) is 17.0 Å². The first-order chi connectivity index (χ1) is 8.40. The molecule has 2 N–H and O–H groups in total. The molecule has 0 amide bonds. The Kier molecular flexibility index (Phi) is 3.16. The van der Waals surface area contributed by atoms with E-state index >= 15 is 0 Å². The molecular weight excluding hydrogens is 214 g/mol. The maximum Gasteiger partial charge on any atom is 0.0940 e. The van der Waals surface area contributed by atoms with E-state index in [4.69, 9.17) is 15.6 Å². The van der Waals surface area contributed by atoms with Crippen LogP contribution < -0.4 is 5.73 Å². The summed E-state index contributed by atoms with van der Waals surface area (Å²) >= 11 is 0. The minimum Gasteiger partial charge on any atom is -0.370 e. The van der Waals surface area contributed by atoms with Crippen LogP contribution in [0.4, 0.5) is 0 Å². The van der Waals surface area contributed by atoms with E-state index in [1.54, 1.807) is 0 Å². The van der Waals surface area contributed by atoms with Crippen LogP contribution in [0.15, 0.2) is 0 Å². The van der Waals surface area contributed by atoms with Crippen molar-refractivity contribution in [3.63, 3.8) is 0 Å². The quantitative estimate of drug-likeness (QED) is 0.800. The number of nitrogens with two attached hydrogens (primary N) is 1. The molecule has 0 radical (unpaired) electrons. The molecule has 0 unspecified atom stereocenters. The van der Waals surface area contributed by atoms with Crippen LogP contribution in [0.1, 0.15) is 61.5 Å². The van der Waals surface area contributed by atoms with Gasteiger partial charge >= 0.3 is 0 Å². The summed E-state index contributed by atoms with van der Waals surface area (Å²) in [6.07, 6.45) is 7.92. The van der Waals surface area contributed by atoms with Crippen LogP contribution in [-0.4, -0.2) is 9.78 Å². The number of ether oxygens (including phenoxy) is 1. The zero-order chi connectivity index (χ0) is 11.7. The lowest BCUT2D eigenvalue weighted by atomic mass is 10.1. The second-order valence-corrected chi connectivity index (χ2v) is 5.16.